The van der Waals surface area contributed by atoms with Crippen molar-refractivity contribution in [1.82, 2.24) is 0 Å². The minimum atomic E-state index is -0.352. The Hall–Kier alpha value is -1.87. The summed E-state index contributed by atoms with van der Waals surface area (Å²) in [6.07, 6.45) is 0. The Bertz CT molecular complexity index is 887. The lowest BCUT2D eigenvalue weighted by atomic mass is 9.85. The molecular weight excluding hydrogens is 340 g/mol. The first kappa shape index (κ1) is 15.0. The third-order valence-corrected chi connectivity index (χ3v) is 4.50. The Kier molecular flexibility index (Phi) is 3.69. The van der Waals surface area contributed by atoms with E-state index in [1.54, 1.807) is 0 Å². The Balaban J connectivity index is 2.42. The SMILES string of the molecule is CC(C)(C)c1ccc2oc(=O)c(Br)c(-c3ccccc3)c2c1. The van der Waals surface area contributed by atoms with Crippen molar-refractivity contribution in [2.24, 2.45) is 0 Å². The van der Waals surface area contributed by atoms with Crippen molar-refractivity contribution >= 4 is 26.9 Å². The third kappa shape index (κ3) is 2.61. The fourth-order valence-electron chi connectivity index (χ4n) is 2.53. The molecule has 1 aromatic heterocycles. The largest absolute Gasteiger partial charge is 0.422 e. The predicted molar refractivity (Wildman–Crippen MR) is 94.3 cm³/mol. The van der Waals surface area contributed by atoms with Crippen LogP contribution in [0.4, 0.5) is 0 Å². The summed E-state index contributed by atoms with van der Waals surface area (Å²) in [5, 5.41) is 0.949. The van der Waals surface area contributed by atoms with Gasteiger partial charge in [-0.25, -0.2) is 4.79 Å². The molecule has 3 rings (SSSR count). The van der Waals surface area contributed by atoms with Crippen LogP contribution in [0.25, 0.3) is 22.1 Å². The van der Waals surface area contributed by atoms with Crippen molar-refractivity contribution in [2.75, 3.05) is 0 Å². The second kappa shape index (κ2) is 5.40. The second-order valence-electron chi connectivity index (χ2n) is 6.41. The van der Waals surface area contributed by atoms with Crippen LogP contribution in [0, 0.1) is 0 Å². The van der Waals surface area contributed by atoms with Gasteiger partial charge in [-0.15, -0.1) is 0 Å². The van der Waals surface area contributed by atoms with Gasteiger partial charge < -0.3 is 4.42 Å². The molecule has 0 aliphatic heterocycles. The Morgan fingerprint density at radius 1 is 1.00 bits per heavy atom. The number of rotatable bonds is 1. The van der Waals surface area contributed by atoms with Gasteiger partial charge in [0.25, 0.3) is 0 Å². The van der Waals surface area contributed by atoms with E-state index in [9.17, 15) is 4.79 Å². The van der Waals surface area contributed by atoms with Crippen molar-refractivity contribution < 1.29 is 4.42 Å². The van der Waals surface area contributed by atoms with Crippen molar-refractivity contribution in [2.45, 2.75) is 26.2 Å². The van der Waals surface area contributed by atoms with E-state index in [0.29, 0.717) is 10.1 Å². The average Bonchev–Trinajstić information content (AvgIpc) is 2.48. The van der Waals surface area contributed by atoms with Gasteiger partial charge in [-0.05, 0) is 44.6 Å². The molecule has 0 saturated carbocycles. The van der Waals surface area contributed by atoms with E-state index in [1.807, 2.05) is 42.5 Å². The smallest absolute Gasteiger partial charge is 0.351 e. The second-order valence-corrected chi connectivity index (χ2v) is 7.20. The van der Waals surface area contributed by atoms with E-state index in [1.165, 1.54) is 5.56 Å². The third-order valence-electron chi connectivity index (χ3n) is 3.78. The Labute approximate surface area is 137 Å². The van der Waals surface area contributed by atoms with Crippen LogP contribution in [0.2, 0.25) is 0 Å². The fourth-order valence-corrected chi connectivity index (χ4v) is 3.06. The van der Waals surface area contributed by atoms with Gasteiger partial charge in [0.05, 0.1) is 0 Å². The van der Waals surface area contributed by atoms with E-state index in [2.05, 4.69) is 42.8 Å². The molecule has 0 saturated heterocycles. The molecule has 0 fully saturated rings. The maximum absolute atomic E-state index is 12.1. The summed E-state index contributed by atoms with van der Waals surface area (Å²) >= 11 is 3.41. The summed E-state index contributed by atoms with van der Waals surface area (Å²) in [6.45, 7) is 6.51. The lowest BCUT2D eigenvalue weighted by molar-refractivity contribution is 0.555. The zero-order chi connectivity index (χ0) is 15.9. The highest BCUT2D eigenvalue weighted by atomic mass is 79.9. The fraction of sp³-hybridized carbons (Fsp3) is 0.211. The highest BCUT2D eigenvalue weighted by Crippen LogP contribution is 2.35. The molecule has 3 heteroatoms. The first-order chi connectivity index (χ1) is 10.4. The minimum Gasteiger partial charge on any atom is -0.422 e. The number of halogens is 1. The van der Waals surface area contributed by atoms with Gasteiger partial charge in [0.1, 0.15) is 10.1 Å². The van der Waals surface area contributed by atoms with Crippen molar-refractivity contribution in [3.63, 3.8) is 0 Å². The van der Waals surface area contributed by atoms with Gasteiger partial charge in [0, 0.05) is 10.9 Å². The van der Waals surface area contributed by atoms with Gasteiger partial charge in [-0.2, -0.15) is 0 Å². The van der Waals surface area contributed by atoms with Crippen LogP contribution in [0.5, 0.6) is 0 Å². The summed E-state index contributed by atoms with van der Waals surface area (Å²) < 4.78 is 5.89. The van der Waals surface area contributed by atoms with E-state index >= 15 is 0 Å². The highest BCUT2D eigenvalue weighted by molar-refractivity contribution is 9.10. The number of hydrogen-bond donors (Lipinski definition) is 0. The van der Waals surface area contributed by atoms with Gasteiger partial charge >= 0.3 is 5.63 Å². The van der Waals surface area contributed by atoms with Crippen LogP contribution in [-0.4, -0.2) is 0 Å². The average molecular weight is 357 g/mol. The summed E-state index contributed by atoms with van der Waals surface area (Å²) in [5.74, 6) is 0. The molecule has 22 heavy (non-hydrogen) atoms. The molecule has 0 unspecified atom stereocenters. The van der Waals surface area contributed by atoms with Crippen LogP contribution in [0.3, 0.4) is 0 Å². The molecule has 112 valence electrons. The number of hydrogen-bond acceptors (Lipinski definition) is 2. The van der Waals surface area contributed by atoms with Crippen molar-refractivity contribution in [1.29, 1.82) is 0 Å². The van der Waals surface area contributed by atoms with Gasteiger partial charge in [-0.3, -0.25) is 0 Å². The van der Waals surface area contributed by atoms with Crippen LogP contribution in [0.1, 0.15) is 26.3 Å². The van der Waals surface area contributed by atoms with Crippen molar-refractivity contribution in [3.8, 4) is 11.1 Å². The number of fused-ring (bicyclic) bond motifs is 1. The molecule has 0 atom stereocenters. The summed E-state index contributed by atoms with van der Waals surface area (Å²) in [6, 6.07) is 15.9. The highest BCUT2D eigenvalue weighted by Gasteiger charge is 2.18. The first-order valence-electron chi connectivity index (χ1n) is 7.20. The molecule has 2 aromatic carbocycles. The monoisotopic (exact) mass is 356 g/mol. The standard InChI is InChI=1S/C19H17BrO2/c1-19(2,3)13-9-10-15-14(11-13)16(17(20)18(21)22-15)12-7-5-4-6-8-12/h4-11H,1-3H3. The molecule has 0 amide bonds. The summed E-state index contributed by atoms with van der Waals surface area (Å²) in [4.78, 5) is 12.1. The molecule has 0 radical (unpaired) electrons. The van der Waals surface area contributed by atoms with Gasteiger partial charge in [0.2, 0.25) is 0 Å². The molecular formula is C19H17BrO2. The van der Waals surface area contributed by atoms with Crippen LogP contribution >= 0.6 is 15.9 Å². The molecule has 1 heterocycles. The van der Waals surface area contributed by atoms with E-state index < -0.39 is 0 Å². The molecule has 2 nitrogen and oxygen atoms in total. The molecule has 0 aliphatic carbocycles. The molecule has 0 N–H and O–H groups in total. The zero-order valence-electron chi connectivity index (χ0n) is 12.8. The van der Waals surface area contributed by atoms with Crippen molar-refractivity contribution in [3.05, 3.63) is 69.0 Å². The zero-order valence-corrected chi connectivity index (χ0v) is 14.4. The molecule has 3 aromatic rings. The lowest BCUT2D eigenvalue weighted by Gasteiger charge is -2.20. The quantitative estimate of drug-likeness (QED) is 0.537. The maximum Gasteiger partial charge on any atom is 0.351 e. The molecule has 0 spiro atoms. The van der Waals surface area contributed by atoms with E-state index in [-0.39, 0.29) is 11.0 Å². The molecule has 0 bridgehead atoms. The van der Waals surface area contributed by atoms with Gasteiger partial charge in [0.15, 0.2) is 0 Å². The van der Waals surface area contributed by atoms with Crippen LogP contribution in [0.15, 0.2) is 62.2 Å². The normalized spacial score (nSPS) is 11.8. The van der Waals surface area contributed by atoms with E-state index in [4.69, 9.17) is 4.42 Å². The minimum absolute atomic E-state index is 0.0325. The van der Waals surface area contributed by atoms with E-state index in [0.717, 1.165) is 16.5 Å². The summed E-state index contributed by atoms with van der Waals surface area (Å²) in [5.41, 5.74) is 3.38. The first-order valence-corrected chi connectivity index (χ1v) is 7.99. The van der Waals surface area contributed by atoms with Crippen LogP contribution < -0.4 is 5.63 Å². The van der Waals surface area contributed by atoms with Crippen LogP contribution in [-0.2, 0) is 5.41 Å². The predicted octanol–water partition coefficient (Wildman–Crippen LogP) is 5.52. The molecule has 0 aliphatic rings. The topological polar surface area (TPSA) is 30.2 Å². The Morgan fingerprint density at radius 2 is 1.68 bits per heavy atom. The maximum atomic E-state index is 12.1. The number of benzene rings is 2. The lowest BCUT2D eigenvalue weighted by Crippen LogP contribution is -2.11. The Morgan fingerprint density at radius 3 is 2.32 bits per heavy atom. The van der Waals surface area contributed by atoms with Gasteiger partial charge in [-0.1, -0.05) is 57.2 Å². The summed E-state index contributed by atoms with van der Waals surface area (Å²) in [7, 11) is 0.